The maximum atomic E-state index is 11.6. The van der Waals surface area contributed by atoms with Crippen LogP contribution in [-0.2, 0) is 17.8 Å². The molecule has 2 aromatic carbocycles. The van der Waals surface area contributed by atoms with Crippen LogP contribution >= 0.6 is 0 Å². The molecule has 5 nitrogen and oxygen atoms in total. The highest BCUT2D eigenvalue weighted by molar-refractivity contribution is 5.87. The molecule has 0 spiro atoms. The van der Waals surface area contributed by atoms with Gasteiger partial charge in [0, 0.05) is 17.5 Å². The number of carbonyl (C=O) groups is 1. The average Bonchev–Trinajstić information content (AvgIpc) is 2.53. The monoisotopic (exact) mass is 309 g/mol. The largest absolute Gasteiger partial charge is 0.489 e. The van der Waals surface area contributed by atoms with Crippen LogP contribution < -0.4 is 16.1 Å². The molecule has 0 fully saturated rings. The highest BCUT2D eigenvalue weighted by atomic mass is 16.5. The van der Waals surface area contributed by atoms with Gasteiger partial charge in [0.15, 0.2) is 0 Å². The Kier molecular flexibility index (Phi) is 4.10. The molecule has 5 heteroatoms. The van der Waals surface area contributed by atoms with Gasteiger partial charge >= 0.3 is 5.63 Å². The predicted molar refractivity (Wildman–Crippen MR) is 86.2 cm³/mol. The Labute approximate surface area is 132 Å². The molecule has 0 unspecified atom stereocenters. The molecule has 0 aliphatic heterocycles. The van der Waals surface area contributed by atoms with Crippen molar-refractivity contribution in [3.63, 3.8) is 0 Å². The molecule has 0 aliphatic carbocycles. The van der Waals surface area contributed by atoms with Crippen LogP contribution in [0, 0.1) is 0 Å². The van der Waals surface area contributed by atoms with E-state index in [9.17, 15) is 9.59 Å². The topological polar surface area (TPSA) is 82.5 Å². The van der Waals surface area contributed by atoms with E-state index >= 15 is 0 Å². The number of carbonyl (C=O) groups excluding carboxylic acids is 1. The van der Waals surface area contributed by atoms with E-state index in [2.05, 4.69) is 0 Å². The molecule has 0 bridgehead atoms. The number of rotatable bonds is 5. The van der Waals surface area contributed by atoms with E-state index < -0.39 is 11.5 Å². The van der Waals surface area contributed by atoms with Crippen LogP contribution in [0.15, 0.2) is 63.8 Å². The minimum absolute atomic E-state index is 0.00762. The Balaban J connectivity index is 1.89. The van der Waals surface area contributed by atoms with Crippen LogP contribution in [0.25, 0.3) is 11.0 Å². The van der Waals surface area contributed by atoms with E-state index in [1.165, 1.54) is 6.07 Å². The van der Waals surface area contributed by atoms with Gasteiger partial charge in [-0.1, -0.05) is 30.3 Å². The van der Waals surface area contributed by atoms with E-state index in [4.69, 9.17) is 14.9 Å². The fourth-order valence-electron chi connectivity index (χ4n) is 2.37. The lowest BCUT2D eigenvalue weighted by Crippen LogP contribution is -2.15. The van der Waals surface area contributed by atoms with Crippen LogP contribution in [0.4, 0.5) is 0 Å². The third-order valence-electron chi connectivity index (χ3n) is 3.41. The SMILES string of the molecule is NC(=O)Cc1cc(=O)oc2cc(OCc3ccccc3)ccc12. The van der Waals surface area contributed by atoms with Crippen molar-refractivity contribution in [1.29, 1.82) is 0 Å². The zero-order valence-electron chi connectivity index (χ0n) is 12.3. The summed E-state index contributed by atoms with van der Waals surface area (Å²) in [6, 6.07) is 16.2. The fourth-order valence-corrected chi connectivity index (χ4v) is 2.37. The number of amides is 1. The number of nitrogens with two attached hydrogens (primary N) is 1. The lowest BCUT2D eigenvalue weighted by Gasteiger charge is -2.08. The first-order chi connectivity index (χ1) is 11.1. The van der Waals surface area contributed by atoms with Crippen molar-refractivity contribution in [2.75, 3.05) is 0 Å². The van der Waals surface area contributed by atoms with Gasteiger partial charge in [-0.05, 0) is 23.3 Å². The number of primary amides is 1. The molecule has 2 N–H and O–H groups in total. The Morgan fingerprint density at radius 3 is 2.61 bits per heavy atom. The van der Waals surface area contributed by atoms with Gasteiger partial charge in [0.2, 0.25) is 5.91 Å². The maximum absolute atomic E-state index is 11.6. The number of ether oxygens (including phenoxy) is 1. The molecular formula is C18H15NO4. The number of fused-ring (bicyclic) bond motifs is 1. The fraction of sp³-hybridized carbons (Fsp3) is 0.111. The van der Waals surface area contributed by atoms with Crippen molar-refractivity contribution in [3.05, 3.63) is 76.1 Å². The van der Waals surface area contributed by atoms with Crippen molar-refractivity contribution in [1.82, 2.24) is 0 Å². The normalized spacial score (nSPS) is 10.6. The first kappa shape index (κ1) is 14.8. The molecule has 3 rings (SSSR count). The first-order valence-corrected chi connectivity index (χ1v) is 7.13. The minimum atomic E-state index is -0.519. The second-order valence-corrected chi connectivity index (χ2v) is 5.17. The van der Waals surface area contributed by atoms with Crippen LogP contribution in [0.5, 0.6) is 5.75 Å². The van der Waals surface area contributed by atoms with Crippen LogP contribution in [-0.4, -0.2) is 5.91 Å². The summed E-state index contributed by atoms with van der Waals surface area (Å²) in [6.45, 7) is 0.414. The highest BCUT2D eigenvalue weighted by Gasteiger charge is 2.09. The van der Waals surface area contributed by atoms with Gasteiger partial charge < -0.3 is 14.9 Å². The van der Waals surface area contributed by atoms with Gasteiger partial charge in [-0.3, -0.25) is 4.79 Å². The molecule has 1 amide bonds. The molecule has 1 aromatic heterocycles. The van der Waals surface area contributed by atoms with Gasteiger partial charge in [-0.15, -0.1) is 0 Å². The van der Waals surface area contributed by atoms with Crippen molar-refractivity contribution in [2.45, 2.75) is 13.0 Å². The third-order valence-corrected chi connectivity index (χ3v) is 3.41. The van der Waals surface area contributed by atoms with Gasteiger partial charge in [0.05, 0.1) is 6.42 Å². The standard InChI is InChI=1S/C18H15NO4/c19-17(20)8-13-9-18(21)23-16-10-14(6-7-15(13)16)22-11-12-4-2-1-3-5-12/h1-7,9-10H,8,11H2,(H2,19,20). The Morgan fingerprint density at radius 2 is 1.87 bits per heavy atom. The molecule has 0 aliphatic rings. The van der Waals surface area contributed by atoms with Gasteiger partial charge in [-0.25, -0.2) is 4.79 Å². The summed E-state index contributed by atoms with van der Waals surface area (Å²) in [5.74, 6) is 0.0852. The Hall–Kier alpha value is -3.08. The zero-order valence-corrected chi connectivity index (χ0v) is 12.3. The zero-order chi connectivity index (χ0) is 16.2. The van der Waals surface area contributed by atoms with E-state index in [0.29, 0.717) is 28.9 Å². The van der Waals surface area contributed by atoms with E-state index in [1.807, 2.05) is 30.3 Å². The van der Waals surface area contributed by atoms with Crippen LogP contribution in [0.2, 0.25) is 0 Å². The summed E-state index contributed by atoms with van der Waals surface area (Å²) in [6.07, 6.45) is -0.00762. The van der Waals surface area contributed by atoms with Crippen molar-refractivity contribution in [2.24, 2.45) is 5.73 Å². The Morgan fingerprint density at radius 1 is 1.09 bits per heavy atom. The molecule has 0 radical (unpaired) electrons. The second-order valence-electron chi connectivity index (χ2n) is 5.17. The van der Waals surface area contributed by atoms with Gasteiger partial charge in [0.1, 0.15) is 17.9 Å². The van der Waals surface area contributed by atoms with E-state index in [0.717, 1.165) is 5.56 Å². The second kappa shape index (κ2) is 6.36. The summed E-state index contributed by atoms with van der Waals surface area (Å²) in [5.41, 5.74) is 6.66. The van der Waals surface area contributed by atoms with Crippen molar-refractivity contribution < 1.29 is 13.9 Å². The lowest BCUT2D eigenvalue weighted by molar-refractivity contribution is -0.117. The molecule has 116 valence electrons. The summed E-state index contributed by atoms with van der Waals surface area (Å²) in [5, 5.41) is 0.676. The molecule has 0 atom stereocenters. The number of hydrogen-bond donors (Lipinski definition) is 1. The van der Waals surface area contributed by atoms with E-state index in [-0.39, 0.29) is 6.42 Å². The lowest BCUT2D eigenvalue weighted by atomic mass is 10.1. The molecule has 23 heavy (non-hydrogen) atoms. The number of benzene rings is 2. The minimum Gasteiger partial charge on any atom is -0.489 e. The average molecular weight is 309 g/mol. The molecule has 1 heterocycles. The summed E-state index contributed by atoms with van der Waals surface area (Å²) < 4.78 is 10.9. The molecule has 0 saturated heterocycles. The summed E-state index contributed by atoms with van der Waals surface area (Å²) in [7, 11) is 0. The van der Waals surface area contributed by atoms with Crippen molar-refractivity contribution in [3.8, 4) is 5.75 Å². The summed E-state index contributed by atoms with van der Waals surface area (Å²) in [4.78, 5) is 22.7. The van der Waals surface area contributed by atoms with Gasteiger partial charge in [0.25, 0.3) is 0 Å². The highest BCUT2D eigenvalue weighted by Crippen LogP contribution is 2.23. The molecule has 0 saturated carbocycles. The third kappa shape index (κ3) is 3.58. The smallest absolute Gasteiger partial charge is 0.336 e. The predicted octanol–water partition coefficient (Wildman–Crippen LogP) is 2.40. The number of hydrogen-bond acceptors (Lipinski definition) is 4. The van der Waals surface area contributed by atoms with Crippen LogP contribution in [0.1, 0.15) is 11.1 Å². The van der Waals surface area contributed by atoms with E-state index in [1.54, 1.807) is 18.2 Å². The quantitative estimate of drug-likeness (QED) is 0.734. The van der Waals surface area contributed by atoms with Crippen molar-refractivity contribution >= 4 is 16.9 Å². The first-order valence-electron chi connectivity index (χ1n) is 7.13. The van der Waals surface area contributed by atoms with Gasteiger partial charge in [-0.2, -0.15) is 0 Å². The molecular weight excluding hydrogens is 294 g/mol. The molecule has 3 aromatic rings. The maximum Gasteiger partial charge on any atom is 0.336 e. The van der Waals surface area contributed by atoms with Crippen LogP contribution in [0.3, 0.4) is 0 Å². The summed E-state index contributed by atoms with van der Waals surface area (Å²) >= 11 is 0. The Bertz CT molecular complexity index is 900.